The van der Waals surface area contributed by atoms with Gasteiger partial charge in [-0.15, -0.1) is 0 Å². The molecule has 0 unspecified atom stereocenters. The van der Waals surface area contributed by atoms with Gasteiger partial charge >= 0.3 is 11.9 Å². The molecular weight excluding hydrogens is 240 g/mol. The summed E-state index contributed by atoms with van der Waals surface area (Å²) in [5.41, 5.74) is 0. The smallest absolute Gasteiger partial charge is 0.317 e. The summed E-state index contributed by atoms with van der Waals surface area (Å²) in [6, 6.07) is 0. The molecule has 104 valence electrons. The van der Waals surface area contributed by atoms with Gasteiger partial charge in [-0.05, 0) is 0 Å². The SMILES string of the molecule is NN1CCN(CC(=O)O)CCN(CC(=O)O)CC1. The van der Waals surface area contributed by atoms with Gasteiger partial charge in [-0.1, -0.05) is 0 Å². The van der Waals surface area contributed by atoms with Gasteiger partial charge in [0.2, 0.25) is 0 Å². The van der Waals surface area contributed by atoms with Crippen molar-refractivity contribution in [1.82, 2.24) is 14.8 Å². The summed E-state index contributed by atoms with van der Waals surface area (Å²) in [7, 11) is 0. The summed E-state index contributed by atoms with van der Waals surface area (Å²) < 4.78 is 0. The van der Waals surface area contributed by atoms with Crippen molar-refractivity contribution in [2.75, 3.05) is 52.4 Å². The summed E-state index contributed by atoms with van der Waals surface area (Å²) in [6.45, 7) is 3.28. The minimum atomic E-state index is -0.886. The normalized spacial score (nSPS) is 20.9. The first-order chi connectivity index (χ1) is 8.47. The lowest BCUT2D eigenvalue weighted by Gasteiger charge is -2.23. The first kappa shape index (κ1) is 14.8. The average Bonchev–Trinajstić information content (AvgIpc) is 2.33. The third-order valence-corrected chi connectivity index (χ3v) is 2.86. The van der Waals surface area contributed by atoms with Crippen molar-refractivity contribution < 1.29 is 19.8 Å². The lowest BCUT2D eigenvalue weighted by atomic mass is 10.4. The Morgan fingerprint density at radius 2 is 1.17 bits per heavy atom. The molecule has 0 atom stereocenters. The Morgan fingerprint density at radius 3 is 1.50 bits per heavy atom. The van der Waals surface area contributed by atoms with E-state index in [1.54, 1.807) is 14.8 Å². The highest BCUT2D eigenvalue weighted by atomic mass is 16.4. The second-order valence-electron chi connectivity index (χ2n) is 4.38. The number of carbonyl (C=O) groups is 2. The second kappa shape index (κ2) is 7.27. The summed E-state index contributed by atoms with van der Waals surface area (Å²) in [4.78, 5) is 24.9. The van der Waals surface area contributed by atoms with Crippen LogP contribution < -0.4 is 5.84 Å². The van der Waals surface area contributed by atoms with E-state index in [0.717, 1.165) is 0 Å². The van der Waals surface area contributed by atoms with Gasteiger partial charge < -0.3 is 10.2 Å². The average molecular weight is 260 g/mol. The molecule has 8 nitrogen and oxygen atoms in total. The van der Waals surface area contributed by atoms with Crippen LogP contribution in [-0.2, 0) is 9.59 Å². The fraction of sp³-hybridized carbons (Fsp3) is 0.800. The van der Waals surface area contributed by atoms with Crippen LogP contribution in [0.15, 0.2) is 0 Å². The molecule has 8 heteroatoms. The van der Waals surface area contributed by atoms with Gasteiger partial charge in [-0.3, -0.25) is 25.2 Å². The van der Waals surface area contributed by atoms with Crippen molar-refractivity contribution in [2.45, 2.75) is 0 Å². The van der Waals surface area contributed by atoms with E-state index in [2.05, 4.69) is 0 Å². The highest BCUT2D eigenvalue weighted by Crippen LogP contribution is 1.98. The van der Waals surface area contributed by atoms with Crippen LogP contribution in [0.2, 0.25) is 0 Å². The van der Waals surface area contributed by atoms with Crippen molar-refractivity contribution in [2.24, 2.45) is 5.84 Å². The monoisotopic (exact) mass is 260 g/mol. The molecular formula is C10H20N4O4. The molecule has 4 N–H and O–H groups in total. The summed E-state index contributed by atoms with van der Waals surface area (Å²) in [6.07, 6.45) is 0. The van der Waals surface area contributed by atoms with Crippen molar-refractivity contribution in [3.8, 4) is 0 Å². The Balaban J connectivity index is 2.55. The van der Waals surface area contributed by atoms with Crippen molar-refractivity contribution in [3.63, 3.8) is 0 Å². The van der Waals surface area contributed by atoms with E-state index in [1.165, 1.54) is 0 Å². The number of hydrazine groups is 1. The van der Waals surface area contributed by atoms with Crippen LogP contribution in [0.25, 0.3) is 0 Å². The minimum absolute atomic E-state index is 0.0469. The quantitative estimate of drug-likeness (QED) is 0.495. The predicted molar refractivity (Wildman–Crippen MR) is 63.9 cm³/mol. The van der Waals surface area contributed by atoms with E-state index in [4.69, 9.17) is 16.1 Å². The second-order valence-corrected chi connectivity index (χ2v) is 4.38. The van der Waals surface area contributed by atoms with Crippen LogP contribution in [0.5, 0.6) is 0 Å². The topological polar surface area (TPSA) is 110 Å². The van der Waals surface area contributed by atoms with Gasteiger partial charge in [-0.2, -0.15) is 0 Å². The lowest BCUT2D eigenvalue weighted by molar-refractivity contribution is -0.140. The number of carboxylic acids is 2. The Morgan fingerprint density at radius 1 is 0.833 bits per heavy atom. The molecule has 1 saturated heterocycles. The van der Waals surface area contributed by atoms with Gasteiger partial charge in [0.15, 0.2) is 0 Å². The summed E-state index contributed by atoms with van der Waals surface area (Å²) >= 11 is 0. The molecule has 1 aliphatic heterocycles. The maximum atomic E-state index is 10.7. The van der Waals surface area contributed by atoms with Crippen LogP contribution in [0.3, 0.4) is 0 Å². The number of aliphatic carboxylic acids is 2. The maximum Gasteiger partial charge on any atom is 0.317 e. The summed E-state index contributed by atoms with van der Waals surface area (Å²) in [5.74, 6) is 3.97. The molecule has 1 fully saturated rings. The first-order valence-electron chi connectivity index (χ1n) is 5.85. The Bertz CT molecular complexity index is 272. The standard InChI is InChI=1S/C10H20N4O4/c11-14-5-3-12(7-9(15)16)1-2-13(4-6-14)8-10(17)18/h1-8,11H2,(H,15,16)(H,17,18). The zero-order valence-electron chi connectivity index (χ0n) is 10.3. The fourth-order valence-electron chi connectivity index (χ4n) is 1.86. The van der Waals surface area contributed by atoms with Gasteiger partial charge in [-0.25, -0.2) is 5.01 Å². The molecule has 0 bridgehead atoms. The van der Waals surface area contributed by atoms with Crippen LogP contribution >= 0.6 is 0 Å². The number of hydrogen-bond acceptors (Lipinski definition) is 6. The van der Waals surface area contributed by atoms with Crippen LogP contribution in [0, 0.1) is 0 Å². The van der Waals surface area contributed by atoms with Crippen LogP contribution in [-0.4, -0.2) is 89.3 Å². The Hall–Kier alpha value is -1.22. The van der Waals surface area contributed by atoms with E-state index in [-0.39, 0.29) is 13.1 Å². The fourth-order valence-corrected chi connectivity index (χ4v) is 1.86. The molecule has 0 saturated carbocycles. The number of rotatable bonds is 4. The predicted octanol–water partition coefficient (Wildman–Crippen LogP) is -2.05. The Kier molecular flexibility index (Phi) is 5.99. The third kappa shape index (κ3) is 5.92. The maximum absolute atomic E-state index is 10.7. The van der Waals surface area contributed by atoms with Gasteiger partial charge in [0.1, 0.15) is 0 Å². The van der Waals surface area contributed by atoms with Crippen molar-refractivity contribution >= 4 is 11.9 Å². The highest BCUT2D eigenvalue weighted by molar-refractivity contribution is 5.69. The van der Waals surface area contributed by atoms with E-state index in [1.807, 2.05) is 0 Å². The molecule has 0 aromatic rings. The first-order valence-corrected chi connectivity index (χ1v) is 5.85. The van der Waals surface area contributed by atoms with Crippen molar-refractivity contribution in [1.29, 1.82) is 0 Å². The van der Waals surface area contributed by atoms with Gasteiger partial charge in [0.25, 0.3) is 0 Å². The molecule has 0 spiro atoms. The molecule has 1 heterocycles. The summed E-state index contributed by atoms with van der Waals surface area (Å²) in [5, 5.41) is 19.2. The van der Waals surface area contributed by atoms with E-state index in [9.17, 15) is 9.59 Å². The molecule has 0 aromatic carbocycles. The molecule has 18 heavy (non-hydrogen) atoms. The van der Waals surface area contributed by atoms with Gasteiger partial charge in [0, 0.05) is 39.3 Å². The molecule has 1 rings (SSSR count). The highest BCUT2D eigenvalue weighted by Gasteiger charge is 2.17. The largest absolute Gasteiger partial charge is 0.480 e. The van der Waals surface area contributed by atoms with E-state index >= 15 is 0 Å². The molecule has 1 aliphatic rings. The van der Waals surface area contributed by atoms with Crippen LogP contribution in [0.1, 0.15) is 0 Å². The zero-order valence-corrected chi connectivity index (χ0v) is 10.3. The van der Waals surface area contributed by atoms with E-state index < -0.39 is 11.9 Å². The molecule has 0 aromatic heterocycles. The lowest BCUT2D eigenvalue weighted by Crippen LogP contribution is -2.41. The molecule has 0 amide bonds. The van der Waals surface area contributed by atoms with E-state index in [0.29, 0.717) is 39.3 Å². The zero-order chi connectivity index (χ0) is 13.5. The minimum Gasteiger partial charge on any atom is -0.480 e. The number of nitrogens with two attached hydrogens (primary N) is 1. The third-order valence-electron chi connectivity index (χ3n) is 2.86. The Labute approximate surface area is 106 Å². The molecule has 0 aliphatic carbocycles. The van der Waals surface area contributed by atoms with Gasteiger partial charge in [0.05, 0.1) is 13.1 Å². The van der Waals surface area contributed by atoms with Crippen molar-refractivity contribution in [3.05, 3.63) is 0 Å². The number of nitrogens with zero attached hydrogens (tertiary/aromatic N) is 3. The van der Waals surface area contributed by atoms with Crippen LogP contribution in [0.4, 0.5) is 0 Å². The number of hydrogen-bond donors (Lipinski definition) is 3. The number of carboxylic acid groups (broad SMARTS) is 2. The molecule has 0 radical (unpaired) electrons.